The molecule has 0 unspecified atom stereocenters. The molecule has 1 aliphatic rings. The third-order valence-corrected chi connectivity index (χ3v) is 1.34. The van der Waals surface area contributed by atoms with Crippen LogP contribution < -0.4 is 11.0 Å². The van der Waals surface area contributed by atoms with Crippen molar-refractivity contribution in [2.45, 2.75) is 0 Å². The normalized spacial score (nSPS) is 17.5. The van der Waals surface area contributed by atoms with Gasteiger partial charge >= 0.3 is 0 Å². The summed E-state index contributed by atoms with van der Waals surface area (Å²) in [5.74, 6) is 0.662. The molecule has 12 heavy (non-hydrogen) atoms. The van der Waals surface area contributed by atoms with Crippen LogP contribution in [0.3, 0.4) is 0 Å². The van der Waals surface area contributed by atoms with E-state index in [0.29, 0.717) is 5.82 Å². The van der Waals surface area contributed by atoms with Crippen molar-refractivity contribution in [3.8, 4) is 0 Å². The quantitative estimate of drug-likeness (QED) is 0.604. The van der Waals surface area contributed by atoms with Crippen molar-refractivity contribution in [3.63, 3.8) is 0 Å². The lowest BCUT2D eigenvalue weighted by molar-refractivity contribution is 0.692. The van der Waals surface area contributed by atoms with Crippen LogP contribution in [0.15, 0.2) is 29.3 Å². The first-order valence-corrected chi connectivity index (χ1v) is 3.48. The number of hydrogen-bond donors (Lipinski definition) is 2. The zero-order valence-corrected chi connectivity index (χ0v) is 6.23. The molecule has 60 valence electrons. The monoisotopic (exact) mass is 161 g/mol. The van der Waals surface area contributed by atoms with Crippen LogP contribution in [0, 0.1) is 0 Å². The van der Waals surface area contributed by atoms with Crippen molar-refractivity contribution in [1.82, 2.24) is 20.9 Å². The van der Waals surface area contributed by atoms with Crippen molar-refractivity contribution >= 4 is 12.3 Å². The first-order chi connectivity index (χ1) is 5.95. The second-order valence-electron chi connectivity index (χ2n) is 2.20. The minimum atomic E-state index is 0.662. The lowest BCUT2D eigenvalue weighted by Gasteiger charge is -1.94. The van der Waals surface area contributed by atoms with E-state index >= 15 is 0 Å². The number of allylic oxidation sites excluding steroid dienone is 1. The molecule has 2 heterocycles. The lowest BCUT2D eigenvalue weighted by Crippen LogP contribution is -2.18. The number of nitrogens with zero attached hydrogens (tertiary/aromatic N) is 3. The number of hydrogen-bond acceptors (Lipinski definition) is 5. The van der Waals surface area contributed by atoms with Crippen molar-refractivity contribution in [2.24, 2.45) is 5.10 Å². The Morgan fingerprint density at radius 3 is 2.75 bits per heavy atom. The maximum atomic E-state index is 4.03. The van der Waals surface area contributed by atoms with Gasteiger partial charge in [0.1, 0.15) is 0 Å². The molecule has 0 aliphatic carbocycles. The molecule has 0 spiro atoms. The highest BCUT2D eigenvalue weighted by molar-refractivity contribution is 5.84. The minimum absolute atomic E-state index is 0.662. The van der Waals surface area contributed by atoms with Gasteiger partial charge in [-0.05, 0) is 6.07 Å². The van der Waals surface area contributed by atoms with E-state index in [0.717, 1.165) is 5.70 Å². The van der Waals surface area contributed by atoms with Gasteiger partial charge in [0, 0.05) is 18.5 Å². The molecule has 0 bridgehead atoms. The van der Waals surface area contributed by atoms with Crippen LogP contribution in [0.2, 0.25) is 0 Å². The van der Waals surface area contributed by atoms with E-state index < -0.39 is 0 Å². The minimum Gasteiger partial charge on any atom is -0.283 e. The molecule has 0 atom stereocenters. The Hall–Kier alpha value is -1.91. The molecule has 0 saturated carbocycles. The fourth-order valence-electron chi connectivity index (χ4n) is 0.829. The molecule has 5 nitrogen and oxygen atoms in total. The predicted octanol–water partition coefficient (Wildman–Crippen LogP) is -0.0889. The Morgan fingerprint density at radius 2 is 2.08 bits per heavy atom. The SMILES string of the molecule is C1=NNN/C1=C/c1ncccn1. The number of hydrazone groups is 1. The van der Waals surface area contributed by atoms with E-state index in [9.17, 15) is 0 Å². The van der Waals surface area contributed by atoms with Gasteiger partial charge in [0.05, 0.1) is 11.9 Å². The van der Waals surface area contributed by atoms with E-state index in [1.165, 1.54) is 0 Å². The molecule has 0 fully saturated rings. The molecule has 0 aromatic carbocycles. The van der Waals surface area contributed by atoms with E-state index in [1.54, 1.807) is 30.8 Å². The highest BCUT2D eigenvalue weighted by Crippen LogP contribution is 1.96. The topological polar surface area (TPSA) is 62.2 Å². The van der Waals surface area contributed by atoms with Crippen molar-refractivity contribution in [2.75, 3.05) is 0 Å². The van der Waals surface area contributed by atoms with Gasteiger partial charge in [-0.1, -0.05) is 0 Å². The Balaban J connectivity index is 2.22. The lowest BCUT2D eigenvalue weighted by atomic mass is 10.4. The molecule has 1 aromatic heterocycles. The zero-order valence-electron chi connectivity index (χ0n) is 6.23. The van der Waals surface area contributed by atoms with Gasteiger partial charge in [-0.25, -0.2) is 15.5 Å². The number of aromatic nitrogens is 2. The van der Waals surface area contributed by atoms with Crippen LogP contribution in [-0.2, 0) is 0 Å². The van der Waals surface area contributed by atoms with Gasteiger partial charge < -0.3 is 0 Å². The fourth-order valence-corrected chi connectivity index (χ4v) is 0.829. The summed E-state index contributed by atoms with van der Waals surface area (Å²) in [5, 5.41) is 3.75. The summed E-state index contributed by atoms with van der Waals surface area (Å²) in [7, 11) is 0. The number of hydrazine groups is 1. The Labute approximate surface area is 69.2 Å². The summed E-state index contributed by atoms with van der Waals surface area (Å²) in [5.41, 5.74) is 6.25. The van der Waals surface area contributed by atoms with Crippen LogP contribution in [0.5, 0.6) is 0 Å². The molecular formula is C7H7N5. The molecule has 0 radical (unpaired) electrons. The first-order valence-electron chi connectivity index (χ1n) is 3.48. The summed E-state index contributed by atoms with van der Waals surface area (Å²) >= 11 is 0. The molecular weight excluding hydrogens is 154 g/mol. The van der Waals surface area contributed by atoms with Crippen molar-refractivity contribution in [3.05, 3.63) is 30.0 Å². The second kappa shape index (κ2) is 3.00. The van der Waals surface area contributed by atoms with Gasteiger partial charge in [0.25, 0.3) is 0 Å². The maximum absolute atomic E-state index is 4.03. The van der Waals surface area contributed by atoms with Crippen LogP contribution >= 0.6 is 0 Å². The Morgan fingerprint density at radius 1 is 1.25 bits per heavy atom. The summed E-state index contributed by atoms with van der Waals surface area (Å²) in [6, 6.07) is 1.77. The van der Waals surface area contributed by atoms with Crippen LogP contribution in [-0.4, -0.2) is 16.2 Å². The summed E-state index contributed by atoms with van der Waals surface area (Å²) in [6.07, 6.45) is 6.84. The van der Waals surface area contributed by atoms with Crippen LogP contribution in [0.4, 0.5) is 0 Å². The fraction of sp³-hybridized carbons (Fsp3) is 0. The Kier molecular flexibility index (Phi) is 1.69. The third kappa shape index (κ3) is 1.39. The molecule has 0 saturated heterocycles. The summed E-state index contributed by atoms with van der Waals surface area (Å²) in [4.78, 5) is 8.05. The van der Waals surface area contributed by atoms with Gasteiger partial charge in [-0.3, -0.25) is 5.43 Å². The predicted molar refractivity (Wildman–Crippen MR) is 44.8 cm³/mol. The van der Waals surface area contributed by atoms with Crippen LogP contribution in [0.1, 0.15) is 5.82 Å². The highest BCUT2D eigenvalue weighted by Gasteiger charge is 1.98. The number of nitrogens with one attached hydrogen (secondary N) is 2. The van der Waals surface area contributed by atoms with Gasteiger partial charge in [0.15, 0.2) is 5.82 Å². The average Bonchev–Trinajstić information content (AvgIpc) is 2.59. The van der Waals surface area contributed by atoms with Gasteiger partial charge in [-0.2, -0.15) is 5.10 Å². The van der Waals surface area contributed by atoms with Gasteiger partial charge in [-0.15, -0.1) is 0 Å². The largest absolute Gasteiger partial charge is 0.283 e. The standard InChI is InChI=1S/C7H7N5/c1-2-8-7(9-3-1)4-6-5-10-12-11-6/h1-5,11-12H/b6-4+. The van der Waals surface area contributed by atoms with Crippen molar-refractivity contribution < 1.29 is 0 Å². The van der Waals surface area contributed by atoms with E-state index in [-0.39, 0.29) is 0 Å². The van der Waals surface area contributed by atoms with Crippen LogP contribution in [0.25, 0.3) is 6.08 Å². The summed E-state index contributed by atoms with van der Waals surface area (Å²) < 4.78 is 0. The molecule has 5 heteroatoms. The smallest absolute Gasteiger partial charge is 0.153 e. The molecule has 1 aromatic rings. The molecule has 2 N–H and O–H groups in total. The maximum Gasteiger partial charge on any atom is 0.153 e. The number of rotatable bonds is 1. The third-order valence-electron chi connectivity index (χ3n) is 1.34. The highest BCUT2D eigenvalue weighted by atomic mass is 15.6. The average molecular weight is 161 g/mol. The Bertz CT molecular complexity index is 316. The summed E-state index contributed by atoms with van der Waals surface area (Å²) in [6.45, 7) is 0. The molecule has 2 rings (SSSR count). The second-order valence-corrected chi connectivity index (χ2v) is 2.20. The van der Waals surface area contributed by atoms with E-state index in [2.05, 4.69) is 26.0 Å². The van der Waals surface area contributed by atoms with Gasteiger partial charge in [0.2, 0.25) is 0 Å². The molecule has 1 aliphatic heterocycles. The van der Waals surface area contributed by atoms with E-state index in [1.807, 2.05) is 0 Å². The first kappa shape index (κ1) is 6.78. The van der Waals surface area contributed by atoms with E-state index in [4.69, 9.17) is 0 Å². The molecule has 0 amide bonds. The zero-order chi connectivity index (χ0) is 8.23. The van der Waals surface area contributed by atoms with Crippen molar-refractivity contribution in [1.29, 1.82) is 0 Å².